The van der Waals surface area contributed by atoms with Crippen molar-refractivity contribution in [2.24, 2.45) is 0 Å². The van der Waals surface area contributed by atoms with Gasteiger partial charge in [0.2, 0.25) is 23.1 Å². The van der Waals surface area contributed by atoms with Crippen LogP contribution in [0.25, 0.3) is 24.3 Å². The van der Waals surface area contributed by atoms with Crippen molar-refractivity contribution in [3.05, 3.63) is 164 Å². The summed E-state index contributed by atoms with van der Waals surface area (Å²) in [6.07, 6.45) is 8.73. The van der Waals surface area contributed by atoms with Crippen molar-refractivity contribution in [2.75, 3.05) is 70.1 Å². The Hall–Kier alpha value is -5.38. The monoisotopic (exact) mass is 1190 g/mol. The summed E-state index contributed by atoms with van der Waals surface area (Å²) < 4.78 is 63.2. The molecule has 1 atom stereocenters. The van der Waals surface area contributed by atoms with Crippen LogP contribution in [0.1, 0.15) is 62.8 Å². The minimum Gasteiger partial charge on any atom is -0.462 e. The van der Waals surface area contributed by atoms with E-state index in [-0.39, 0.29) is 11.9 Å². The van der Waals surface area contributed by atoms with Crippen LogP contribution >= 0.6 is 0 Å². The van der Waals surface area contributed by atoms with E-state index in [2.05, 4.69) is 132 Å². The Labute approximate surface area is 487 Å². The summed E-state index contributed by atoms with van der Waals surface area (Å²) in [7, 11) is 5.55. The van der Waals surface area contributed by atoms with Crippen LogP contribution in [0.5, 0.6) is 11.5 Å². The highest BCUT2D eigenvalue weighted by atomic mass is 28.4. The molecule has 0 bridgehead atoms. The van der Waals surface area contributed by atoms with E-state index in [4.69, 9.17) is 54.4 Å². The molecule has 14 nitrogen and oxygen atoms in total. The summed E-state index contributed by atoms with van der Waals surface area (Å²) in [5, 5.41) is 3.99. The molecular weight excluding hydrogens is 1100 g/mol. The summed E-state index contributed by atoms with van der Waals surface area (Å²) in [5.41, 5.74) is 5.35. The Kier molecular flexibility index (Phi) is 37.2. The van der Waals surface area contributed by atoms with Crippen molar-refractivity contribution in [1.29, 1.82) is 0 Å². The Morgan fingerprint density at radius 2 is 0.988 bits per heavy atom. The number of hydrogen-bond acceptors (Lipinski definition) is 14. The molecule has 0 saturated heterocycles. The van der Waals surface area contributed by atoms with E-state index in [1.54, 1.807) is 76.8 Å². The van der Waals surface area contributed by atoms with Crippen molar-refractivity contribution in [3.63, 3.8) is 0 Å². The molecule has 19 heteroatoms. The first-order valence-electron chi connectivity index (χ1n) is 26.1. The van der Waals surface area contributed by atoms with Crippen LogP contribution in [0, 0.1) is 0 Å². The molecule has 1 unspecified atom stereocenters. The molecule has 1 heterocycles. The van der Waals surface area contributed by atoms with Crippen molar-refractivity contribution >= 4 is 96.3 Å². The molecule has 442 valence electrons. The fourth-order valence-electron chi connectivity index (χ4n) is 6.56. The van der Waals surface area contributed by atoms with Gasteiger partial charge in [-0.05, 0) is 109 Å². The number of rotatable bonds is 25. The van der Waals surface area contributed by atoms with Crippen LogP contribution in [0.15, 0.2) is 142 Å². The van der Waals surface area contributed by atoms with E-state index in [0.717, 1.165) is 40.7 Å². The van der Waals surface area contributed by atoms with Crippen molar-refractivity contribution in [3.8, 4) is 11.5 Å². The lowest BCUT2D eigenvalue weighted by atomic mass is 10.2. The maximum atomic E-state index is 11.1. The van der Waals surface area contributed by atoms with E-state index in [9.17, 15) is 9.59 Å². The van der Waals surface area contributed by atoms with Gasteiger partial charge in [0, 0.05) is 87.9 Å². The van der Waals surface area contributed by atoms with Crippen LogP contribution in [-0.2, 0) is 54.5 Å². The lowest BCUT2D eigenvalue weighted by molar-refractivity contribution is -0.139. The summed E-state index contributed by atoms with van der Waals surface area (Å²) >= 11 is 0. The van der Waals surface area contributed by atoms with E-state index < -0.39 is 50.3 Å². The zero-order chi connectivity index (χ0) is 61.0. The topological polar surface area (TPSA) is 145 Å². The van der Waals surface area contributed by atoms with Gasteiger partial charge in [0.25, 0.3) is 0 Å². The van der Waals surface area contributed by atoms with E-state index >= 15 is 0 Å². The standard InChI is InChI=1S/C11H12O2.C11H16OSi.C10H20O5Si.C10H20O4Si.C10H14OSi.C9H12OSi/c1-4-8-5-6-9-10(7-8)13-11(2,3)12-9;1-5-10-6-8-11(9-7-10)13(3,4)12-2;1-9(2)10(11)15-7-6-8-16(12-3,13-4)14-5;1-9(2)10(11)14-7-6-8-15(5,12-3)13-4;1-4-9-5-7-10(8-6-9)12(3)11-2;1-3-8-4-6-9(7-5-8)11-10-2/h4-7H,1H2,2-3H3;5-9H,1H2,2-4H3;1,6-8H2,2-5H3;1,6-8H2,2-5H3;4-8,12H,1H2,2-3H3;3-7H,1,11H2,2H3. The number of fused-ring (bicyclic) bond motifs is 1. The smallest absolute Gasteiger partial charge is 0.462 e. The molecule has 0 aliphatic carbocycles. The average molecular weight is 1190 g/mol. The molecule has 0 saturated carbocycles. The zero-order valence-corrected chi connectivity index (χ0v) is 56.5. The number of carbonyl (C=O) groups is 2. The second-order valence-electron chi connectivity index (χ2n) is 19.1. The third kappa shape index (κ3) is 29.4. The number of hydrogen-bond donors (Lipinski definition) is 0. The highest BCUT2D eigenvalue weighted by Crippen LogP contribution is 2.39. The summed E-state index contributed by atoms with van der Waals surface area (Å²) in [4.78, 5) is 22.1. The molecule has 4 aromatic carbocycles. The van der Waals surface area contributed by atoms with Gasteiger partial charge in [0.1, 0.15) is 0 Å². The first-order valence-corrected chi connectivity index (χ1v) is 37.0. The molecule has 0 fully saturated rings. The summed E-state index contributed by atoms with van der Waals surface area (Å²) in [6, 6.07) is 32.4. The average Bonchev–Trinajstić information content (AvgIpc) is 3.81. The highest BCUT2D eigenvalue weighted by molar-refractivity contribution is 6.84. The van der Waals surface area contributed by atoms with Gasteiger partial charge in [0.05, 0.1) is 13.2 Å². The van der Waals surface area contributed by atoms with Gasteiger partial charge in [0.15, 0.2) is 21.3 Å². The molecule has 1 aliphatic rings. The summed E-state index contributed by atoms with van der Waals surface area (Å²) in [5.74, 6) is 0.341. The number of benzene rings is 4. The fourth-order valence-corrected chi connectivity index (χ4v) is 12.6. The number of ether oxygens (including phenoxy) is 4. The second-order valence-corrected chi connectivity index (χ2v) is 33.8. The minimum atomic E-state index is -2.53. The Morgan fingerprint density at radius 3 is 1.38 bits per heavy atom. The molecule has 0 spiro atoms. The Morgan fingerprint density at radius 1 is 0.575 bits per heavy atom. The van der Waals surface area contributed by atoms with Crippen molar-refractivity contribution in [2.45, 2.75) is 84.6 Å². The Balaban J connectivity index is 0.000000939. The van der Waals surface area contributed by atoms with Gasteiger partial charge < -0.3 is 54.4 Å². The molecule has 0 radical (unpaired) electrons. The predicted octanol–water partition coefficient (Wildman–Crippen LogP) is 10.7. The van der Waals surface area contributed by atoms with Crippen LogP contribution in [0.4, 0.5) is 0 Å². The van der Waals surface area contributed by atoms with Gasteiger partial charge >= 0.3 is 29.3 Å². The van der Waals surface area contributed by atoms with Crippen molar-refractivity contribution < 1.29 is 63.9 Å². The minimum absolute atomic E-state index is 0.316. The Bertz CT molecular complexity index is 2460. The maximum Gasteiger partial charge on any atom is 0.500 e. The van der Waals surface area contributed by atoms with Gasteiger partial charge in [-0.15, -0.1) is 0 Å². The largest absolute Gasteiger partial charge is 0.500 e. The third-order valence-electron chi connectivity index (χ3n) is 12.2. The lowest BCUT2D eigenvalue weighted by Crippen LogP contribution is -2.43. The predicted molar refractivity (Wildman–Crippen MR) is 343 cm³/mol. The lowest BCUT2D eigenvalue weighted by Gasteiger charge is -2.24. The number of carbonyl (C=O) groups excluding carboxylic acids is 2. The molecule has 80 heavy (non-hydrogen) atoms. The van der Waals surface area contributed by atoms with E-state index in [1.165, 1.54) is 21.1 Å². The van der Waals surface area contributed by atoms with Gasteiger partial charge in [-0.2, -0.15) is 0 Å². The van der Waals surface area contributed by atoms with Crippen LogP contribution < -0.4 is 25.0 Å². The van der Waals surface area contributed by atoms with Gasteiger partial charge in [-0.1, -0.05) is 143 Å². The maximum absolute atomic E-state index is 11.1. The van der Waals surface area contributed by atoms with E-state index in [0.29, 0.717) is 36.8 Å². The third-order valence-corrected chi connectivity index (χ3v) is 23.8. The fraction of sp³-hybridized carbons (Fsp3) is 0.377. The molecule has 1 aliphatic heterocycles. The number of esters is 2. The molecule has 0 N–H and O–H groups in total. The SMILES string of the molecule is C=C(C)C(=O)OCCC[Si](C)(OC)OC.C=C(C)C(=O)OCCC[Si](OC)(OC)OC.C=Cc1ccc([SiH2]OC)cc1.C=Cc1ccc([SiH](C)OC)cc1.C=Cc1ccc([Si](C)(C)OC)cc1.C=Cc1ccc2c(c1)OC(C)(C)O2. The summed E-state index contributed by atoms with van der Waals surface area (Å²) in [6.45, 7) is 38.1. The normalized spacial score (nSPS) is 12.3. The molecule has 5 rings (SSSR count). The van der Waals surface area contributed by atoms with Gasteiger partial charge in [-0.25, -0.2) is 9.59 Å². The van der Waals surface area contributed by atoms with Crippen LogP contribution in [-0.4, -0.2) is 132 Å². The quantitative estimate of drug-likeness (QED) is 0.0269. The van der Waals surface area contributed by atoms with Gasteiger partial charge in [-0.3, -0.25) is 0 Å². The first kappa shape index (κ1) is 74.6. The first-order chi connectivity index (χ1) is 37.8. The highest BCUT2D eigenvalue weighted by Gasteiger charge is 2.37. The van der Waals surface area contributed by atoms with E-state index in [1.807, 2.05) is 56.8 Å². The van der Waals surface area contributed by atoms with Crippen LogP contribution in [0.3, 0.4) is 0 Å². The second kappa shape index (κ2) is 39.9. The van der Waals surface area contributed by atoms with Crippen LogP contribution in [0.2, 0.25) is 38.3 Å². The van der Waals surface area contributed by atoms with Crippen molar-refractivity contribution in [1.82, 2.24) is 0 Å². The molecule has 4 aromatic rings. The molecule has 0 aromatic heterocycles. The molecule has 0 amide bonds. The molecular formula is C61H94O14Si5. The zero-order valence-electron chi connectivity index (χ0n) is 51.0.